The normalized spacial score (nSPS) is 11.3. The molecule has 0 aliphatic carbocycles. The van der Waals surface area contributed by atoms with Crippen LogP contribution in [0.3, 0.4) is 0 Å². The SMILES string of the molecule is Cc1cccc(C(=O)OCC(=O)Nc2cc(S(=O)(=O)N(C)C)ccc2C)c1. The van der Waals surface area contributed by atoms with Gasteiger partial charge in [-0.2, -0.15) is 0 Å². The van der Waals surface area contributed by atoms with E-state index in [1.807, 2.05) is 13.0 Å². The Morgan fingerprint density at radius 2 is 1.78 bits per heavy atom. The smallest absolute Gasteiger partial charge is 0.338 e. The number of ether oxygens (including phenoxy) is 1. The molecule has 7 nitrogen and oxygen atoms in total. The summed E-state index contributed by atoms with van der Waals surface area (Å²) in [6.45, 7) is 3.11. The van der Waals surface area contributed by atoms with Gasteiger partial charge in [0.2, 0.25) is 10.0 Å². The van der Waals surface area contributed by atoms with Gasteiger partial charge in [-0.25, -0.2) is 17.5 Å². The lowest BCUT2D eigenvalue weighted by atomic mass is 10.1. The van der Waals surface area contributed by atoms with Crippen LogP contribution in [0.1, 0.15) is 21.5 Å². The highest BCUT2D eigenvalue weighted by Crippen LogP contribution is 2.22. The molecule has 0 atom stereocenters. The number of benzene rings is 2. The number of hydrogen-bond donors (Lipinski definition) is 1. The van der Waals surface area contributed by atoms with Crippen LogP contribution < -0.4 is 5.32 Å². The Balaban J connectivity index is 2.06. The minimum absolute atomic E-state index is 0.0603. The van der Waals surface area contributed by atoms with Gasteiger partial charge in [0.05, 0.1) is 10.5 Å². The van der Waals surface area contributed by atoms with Crippen LogP contribution in [-0.4, -0.2) is 45.3 Å². The van der Waals surface area contributed by atoms with Gasteiger partial charge in [-0.3, -0.25) is 4.79 Å². The minimum atomic E-state index is -3.62. The molecule has 0 heterocycles. The monoisotopic (exact) mass is 390 g/mol. The molecule has 0 aliphatic heterocycles. The molecule has 0 aromatic heterocycles. The van der Waals surface area contributed by atoms with Gasteiger partial charge in [0.25, 0.3) is 5.91 Å². The van der Waals surface area contributed by atoms with Crippen molar-refractivity contribution in [1.29, 1.82) is 0 Å². The van der Waals surface area contributed by atoms with Crippen molar-refractivity contribution in [1.82, 2.24) is 4.31 Å². The Labute approximate surface area is 159 Å². The minimum Gasteiger partial charge on any atom is -0.452 e. The highest BCUT2D eigenvalue weighted by molar-refractivity contribution is 7.89. The molecule has 0 fully saturated rings. The molecule has 2 aromatic carbocycles. The van der Waals surface area contributed by atoms with Gasteiger partial charge < -0.3 is 10.1 Å². The number of nitrogens with zero attached hydrogens (tertiary/aromatic N) is 1. The molecule has 2 aromatic rings. The van der Waals surface area contributed by atoms with Crippen molar-refractivity contribution in [3.05, 3.63) is 59.2 Å². The maximum absolute atomic E-state index is 12.2. The summed E-state index contributed by atoms with van der Waals surface area (Å²) in [5, 5.41) is 2.58. The van der Waals surface area contributed by atoms with Crippen LogP contribution in [0.25, 0.3) is 0 Å². The lowest BCUT2D eigenvalue weighted by Crippen LogP contribution is -2.23. The van der Waals surface area contributed by atoms with E-state index in [4.69, 9.17) is 4.74 Å². The van der Waals surface area contributed by atoms with E-state index in [0.717, 1.165) is 9.87 Å². The number of nitrogens with one attached hydrogen (secondary N) is 1. The molecule has 0 radical (unpaired) electrons. The van der Waals surface area contributed by atoms with E-state index in [-0.39, 0.29) is 4.90 Å². The van der Waals surface area contributed by atoms with Crippen molar-refractivity contribution in [2.75, 3.05) is 26.0 Å². The zero-order valence-corrected chi connectivity index (χ0v) is 16.5. The third kappa shape index (κ3) is 5.15. The predicted molar refractivity (Wildman–Crippen MR) is 102 cm³/mol. The molecule has 0 spiro atoms. The second kappa shape index (κ2) is 8.32. The van der Waals surface area contributed by atoms with E-state index >= 15 is 0 Å². The molecule has 2 rings (SSSR count). The van der Waals surface area contributed by atoms with Crippen molar-refractivity contribution in [3.63, 3.8) is 0 Å². The molecule has 144 valence electrons. The first-order valence-electron chi connectivity index (χ1n) is 8.18. The van der Waals surface area contributed by atoms with Crippen LogP contribution in [-0.2, 0) is 19.6 Å². The number of aryl methyl sites for hydroxylation is 2. The number of carbonyl (C=O) groups excluding carboxylic acids is 2. The zero-order chi connectivity index (χ0) is 20.2. The molecule has 0 unspecified atom stereocenters. The quantitative estimate of drug-likeness (QED) is 0.765. The fourth-order valence-corrected chi connectivity index (χ4v) is 3.21. The second-order valence-electron chi connectivity index (χ2n) is 6.26. The third-order valence-electron chi connectivity index (χ3n) is 3.85. The number of sulfonamides is 1. The summed E-state index contributed by atoms with van der Waals surface area (Å²) in [6, 6.07) is 11.3. The number of carbonyl (C=O) groups is 2. The highest BCUT2D eigenvalue weighted by Gasteiger charge is 2.19. The van der Waals surface area contributed by atoms with E-state index in [9.17, 15) is 18.0 Å². The number of rotatable bonds is 6. The topological polar surface area (TPSA) is 92.8 Å². The van der Waals surface area contributed by atoms with Crippen molar-refractivity contribution in [2.45, 2.75) is 18.7 Å². The first kappa shape index (κ1) is 20.6. The molecule has 0 saturated carbocycles. The predicted octanol–water partition coefficient (Wildman–Crippen LogP) is 2.35. The summed E-state index contributed by atoms with van der Waals surface area (Å²) in [4.78, 5) is 24.2. The van der Waals surface area contributed by atoms with Crippen LogP contribution in [0, 0.1) is 13.8 Å². The largest absolute Gasteiger partial charge is 0.452 e. The lowest BCUT2D eigenvalue weighted by Gasteiger charge is -2.14. The van der Waals surface area contributed by atoms with Crippen molar-refractivity contribution < 1.29 is 22.7 Å². The molecule has 27 heavy (non-hydrogen) atoms. The molecular formula is C19H22N2O5S. The maximum Gasteiger partial charge on any atom is 0.338 e. The standard InChI is InChI=1S/C19H22N2O5S/c1-13-6-5-7-15(10-13)19(23)26-12-18(22)20-17-11-16(9-8-14(17)2)27(24,25)21(3)4/h5-11H,12H2,1-4H3,(H,20,22). The molecular weight excluding hydrogens is 368 g/mol. The summed E-state index contributed by atoms with van der Waals surface area (Å²) in [6.07, 6.45) is 0. The Bertz CT molecular complexity index is 968. The summed E-state index contributed by atoms with van der Waals surface area (Å²) in [5.74, 6) is -1.16. The summed E-state index contributed by atoms with van der Waals surface area (Å²) >= 11 is 0. The van der Waals surface area contributed by atoms with Gasteiger partial charge in [0.1, 0.15) is 0 Å². The Hall–Kier alpha value is -2.71. The van der Waals surface area contributed by atoms with Gasteiger partial charge in [0.15, 0.2) is 6.61 Å². The van der Waals surface area contributed by atoms with E-state index < -0.39 is 28.5 Å². The second-order valence-corrected chi connectivity index (χ2v) is 8.41. The van der Waals surface area contributed by atoms with Crippen molar-refractivity contribution in [3.8, 4) is 0 Å². The first-order valence-corrected chi connectivity index (χ1v) is 9.62. The van der Waals surface area contributed by atoms with Gasteiger partial charge >= 0.3 is 5.97 Å². The Kier molecular flexibility index (Phi) is 6.35. The van der Waals surface area contributed by atoms with Crippen molar-refractivity contribution >= 4 is 27.6 Å². The first-order chi connectivity index (χ1) is 12.6. The molecule has 0 bridgehead atoms. The molecule has 8 heteroatoms. The summed E-state index contributed by atoms with van der Waals surface area (Å²) in [7, 11) is -0.764. The van der Waals surface area contributed by atoms with Crippen molar-refractivity contribution in [2.24, 2.45) is 0 Å². The van der Waals surface area contributed by atoms with Crippen LogP contribution in [0.5, 0.6) is 0 Å². The zero-order valence-electron chi connectivity index (χ0n) is 15.6. The number of hydrogen-bond acceptors (Lipinski definition) is 5. The summed E-state index contributed by atoms with van der Waals surface area (Å²) in [5.41, 5.74) is 2.29. The molecule has 1 N–H and O–H groups in total. The van der Waals surface area contributed by atoms with E-state index in [1.165, 1.54) is 26.2 Å². The Morgan fingerprint density at radius 1 is 1.07 bits per heavy atom. The number of anilines is 1. The van der Waals surface area contributed by atoms with Crippen LogP contribution in [0.15, 0.2) is 47.4 Å². The van der Waals surface area contributed by atoms with E-state index in [1.54, 1.807) is 31.2 Å². The average molecular weight is 390 g/mol. The Morgan fingerprint density at radius 3 is 2.41 bits per heavy atom. The van der Waals surface area contributed by atoms with Gasteiger partial charge in [-0.15, -0.1) is 0 Å². The van der Waals surface area contributed by atoms with Gasteiger partial charge in [-0.1, -0.05) is 23.8 Å². The summed E-state index contributed by atoms with van der Waals surface area (Å²) < 4.78 is 30.6. The van der Waals surface area contributed by atoms with E-state index in [0.29, 0.717) is 16.8 Å². The van der Waals surface area contributed by atoms with Crippen LogP contribution in [0.4, 0.5) is 5.69 Å². The third-order valence-corrected chi connectivity index (χ3v) is 5.66. The lowest BCUT2D eigenvalue weighted by molar-refractivity contribution is -0.119. The molecule has 1 amide bonds. The number of esters is 1. The average Bonchev–Trinajstić information content (AvgIpc) is 2.61. The molecule has 0 aliphatic rings. The molecule has 0 saturated heterocycles. The van der Waals surface area contributed by atoms with Crippen LogP contribution >= 0.6 is 0 Å². The highest BCUT2D eigenvalue weighted by atomic mass is 32.2. The number of amides is 1. The maximum atomic E-state index is 12.2. The van der Waals surface area contributed by atoms with Crippen LogP contribution in [0.2, 0.25) is 0 Å². The fourth-order valence-electron chi connectivity index (χ4n) is 2.28. The fraction of sp³-hybridized carbons (Fsp3) is 0.263. The van der Waals surface area contributed by atoms with Gasteiger partial charge in [0, 0.05) is 19.8 Å². The van der Waals surface area contributed by atoms with Gasteiger partial charge in [-0.05, 0) is 43.7 Å². The van der Waals surface area contributed by atoms with E-state index in [2.05, 4.69) is 5.32 Å².